The maximum Gasteiger partial charge on any atom is 0.264 e. The quantitative estimate of drug-likeness (QED) is 0.680. The smallest absolute Gasteiger partial charge is 0.264 e. The molecule has 0 radical (unpaired) electrons. The lowest BCUT2D eigenvalue weighted by Gasteiger charge is -2.30. The highest BCUT2D eigenvalue weighted by atomic mass is 32.1. The largest absolute Gasteiger partial charge is 0.383 e. The first kappa shape index (κ1) is 23.0. The van der Waals surface area contributed by atoms with Crippen molar-refractivity contribution in [2.45, 2.75) is 32.7 Å². The van der Waals surface area contributed by atoms with E-state index >= 15 is 0 Å². The molecule has 2 aromatic rings. The highest BCUT2D eigenvalue weighted by molar-refractivity contribution is 7.12. The Morgan fingerprint density at radius 3 is 2.74 bits per heavy atom. The second-order valence-electron chi connectivity index (χ2n) is 7.68. The highest BCUT2D eigenvalue weighted by Crippen LogP contribution is 2.24. The van der Waals surface area contributed by atoms with Crippen molar-refractivity contribution < 1.29 is 19.1 Å². The van der Waals surface area contributed by atoms with E-state index in [-0.39, 0.29) is 30.8 Å². The van der Waals surface area contributed by atoms with E-state index in [4.69, 9.17) is 4.74 Å². The molecule has 3 amide bonds. The number of likely N-dealkylation sites (tertiary alicyclic amines) is 1. The standard InChI is InChI=1S/C23H29N3O4S/c1-16-7-4-8-18(17(16)2)24-21(27)15-25(12-13-30-3)22(28)19-9-5-11-26(19)23(29)20-10-6-14-31-20/h4,6-8,10,14,19H,5,9,11-13,15H2,1-3H3,(H,24,27)/t19-/m0/s1. The van der Waals surface area contributed by atoms with E-state index in [1.54, 1.807) is 18.1 Å². The van der Waals surface area contributed by atoms with Crippen LogP contribution in [0.1, 0.15) is 33.6 Å². The van der Waals surface area contributed by atoms with Crippen molar-refractivity contribution in [3.05, 3.63) is 51.7 Å². The summed E-state index contributed by atoms with van der Waals surface area (Å²) in [5.74, 6) is -0.611. The van der Waals surface area contributed by atoms with Crippen molar-refractivity contribution in [2.75, 3.05) is 38.7 Å². The van der Waals surface area contributed by atoms with Crippen LogP contribution in [0.4, 0.5) is 5.69 Å². The molecule has 1 saturated heterocycles. The van der Waals surface area contributed by atoms with Gasteiger partial charge in [0.05, 0.1) is 11.5 Å². The zero-order valence-corrected chi connectivity index (χ0v) is 19.0. The topological polar surface area (TPSA) is 79.0 Å². The molecule has 1 aliphatic rings. The van der Waals surface area contributed by atoms with Crippen LogP contribution in [0.5, 0.6) is 0 Å². The fourth-order valence-corrected chi connectivity index (χ4v) is 4.42. The van der Waals surface area contributed by atoms with Crippen LogP contribution >= 0.6 is 11.3 Å². The third kappa shape index (κ3) is 5.51. The Balaban J connectivity index is 1.71. The van der Waals surface area contributed by atoms with Crippen LogP contribution in [-0.4, -0.2) is 66.9 Å². The summed E-state index contributed by atoms with van der Waals surface area (Å²) in [5, 5.41) is 4.76. The predicted molar refractivity (Wildman–Crippen MR) is 121 cm³/mol. The van der Waals surface area contributed by atoms with Gasteiger partial charge in [-0.3, -0.25) is 14.4 Å². The van der Waals surface area contributed by atoms with Gasteiger partial charge in [-0.05, 0) is 55.3 Å². The van der Waals surface area contributed by atoms with E-state index in [1.807, 2.05) is 43.5 Å². The molecule has 1 aromatic carbocycles. The molecule has 0 spiro atoms. The van der Waals surface area contributed by atoms with E-state index in [0.29, 0.717) is 24.4 Å². The lowest BCUT2D eigenvalue weighted by molar-refractivity contribution is -0.138. The summed E-state index contributed by atoms with van der Waals surface area (Å²) < 4.78 is 5.15. The Kier molecular flexibility index (Phi) is 7.81. The Morgan fingerprint density at radius 2 is 2.03 bits per heavy atom. The van der Waals surface area contributed by atoms with Crippen LogP contribution in [-0.2, 0) is 14.3 Å². The number of hydrogen-bond acceptors (Lipinski definition) is 5. The number of nitrogens with zero attached hydrogens (tertiary/aromatic N) is 2. The number of hydrogen-bond donors (Lipinski definition) is 1. The number of thiophene rings is 1. The Hall–Kier alpha value is -2.71. The van der Waals surface area contributed by atoms with E-state index in [1.165, 1.54) is 16.2 Å². The van der Waals surface area contributed by atoms with Crippen molar-refractivity contribution >= 4 is 34.7 Å². The maximum absolute atomic E-state index is 13.3. The van der Waals surface area contributed by atoms with Gasteiger partial charge in [0.15, 0.2) is 0 Å². The molecule has 3 rings (SSSR count). The normalized spacial score (nSPS) is 15.7. The zero-order valence-electron chi connectivity index (χ0n) is 18.2. The van der Waals surface area contributed by atoms with Crippen molar-refractivity contribution in [1.29, 1.82) is 0 Å². The van der Waals surface area contributed by atoms with Crippen molar-refractivity contribution in [3.63, 3.8) is 0 Å². The summed E-state index contributed by atoms with van der Waals surface area (Å²) in [5.41, 5.74) is 2.81. The lowest BCUT2D eigenvalue weighted by atomic mass is 10.1. The number of anilines is 1. The number of amides is 3. The first-order valence-electron chi connectivity index (χ1n) is 10.4. The van der Waals surface area contributed by atoms with Gasteiger partial charge in [-0.25, -0.2) is 0 Å². The molecular weight excluding hydrogens is 414 g/mol. The number of methoxy groups -OCH3 is 1. The molecule has 0 aliphatic carbocycles. The van der Waals surface area contributed by atoms with Crippen molar-refractivity contribution in [3.8, 4) is 0 Å². The average Bonchev–Trinajstić information content (AvgIpc) is 3.45. The molecule has 0 saturated carbocycles. The molecule has 1 aromatic heterocycles. The number of rotatable bonds is 8. The van der Waals surface area contributed by atoms with Gasteiger partial charge in [-0.2, -0.15) is 0 Å². The minimum absolute atomic E-state index is 0.0902. The SMILES string of the molecule is COCCN(CC(=O)Nc1cccc(C)c1C)C(=O)[C@@H]1CCCN1C(=O)c1cccs1. The molecule has 0 bridgehead atoms. The van der Waals surface area contributed by atoms with E-state index in [0.717, 1.165) is 23.2 Å². The zero-order chi connectivity index (χ0) is 22.4. The number of benzene rings is 1. The molecule has 7 nitrogen and oxygen atoms in total. The molecule has 31 heavy (non-hydrogen) atoms. The predicted octanol–water partition coefficient (Wildman–Crippen LogP) is 3.08. The van der Waals surface area contributed by atoms with Crippen LogP contribution in [0, 0.1) is 13.8 Å². The molecule has 1 fully saturated rings. The van der Waals surface area contributed by atoms with Gasteiger partial charge in [-0.1, -0.05) is 18.2 Å². The van der Waals surface area contributed by atoms with E-state index in [9.17, 15) is 14.4 Å². The Labute approximate surface area is 187 Å². The second-order valence-corrected chi connectivity index (χ2v) is 8.63. The minimum Gasteiger partial charge on any atom is -0.383 e. The summed E-state index contributed by atoms with van der Waals surface area (Å²) in [4.78, 5) is 42.7. The first-order chi connectivity index (χ1) is 14.9. The van der Waals surface area contributed by atoms with Crippen molar-refractivity contribution in [1.82, 2.24) is 9.80 Å². The lowest BCUT2D eigenvalue weighted by Crippen LogP contribution is -2.50. The van der Waals surface area contributed by atoms with E-state index in [2.05, 4.69) is 5.32 Å². The van der Waals surface area contributed by atoms with Gasteiger partial charge in [0.2, 0.25) is 11.8 Å². The fourth-order valence-electron chi connectivity index (χ4n) is 3.74. The van der Waals surface area contributed by atoms with Crippen LogP contribution in [0.25, 0.3) is 0 Å². The van der Waals surface area contributed by atoms with Gasteiger partial charge >= 0.3 is 0 Å². The maximum atomic E-state index is 13.3. The minimum atomic E-state index is -0.556. The molecule has 166 valence electrons. The number of aryl methyl sites for hydroxylation is 1. The van der Waals surface area contributed by atoms with Crippen LogP contribution in [0.15, 0.2) is 35.7 Å². The van der Waals surface area contributed by atoms with Gasteiger partial charge in [-0.15, -0.1) is 11.3 Å². The molecule has 1 N–H and O–H groups in total. The van der Waals surface area contributed by atoms with Gasteiger partial charge in [0.25, 0.3) is 5.91 Å². The Bertz CT molecular complexity index is 929. The summed E-state index contributed by atoms with van der Waals surface area (Å²) in [7, 11) is 1.56. The highest BCUT2D eigenvalue weighted by Gasteiger charge is 2.37. The van der Waals surface area contributed by atoms with Crippen molar-refractivity contribution in [2.24, 2.45) is 0 Å². The average molecular weight is 444 g/mol. The monoisotopic (exact) mass is 443 g/mol. The summed E-state index contributed by atoms with van der Waals surface area (Å²) >= 11 is 1.37. The molecule has 0 unspecified atom stereocenters. The number of carbonyl (C=O) groups is 3. The molecule has 2 heterocycles. The summed E-state index contributed by atoms with van der Waals surface area (Å²) in [6, 6.07) is 8.76. The summed E-state index contributed by atoms with van der Waals surface area (Å²) in [6.45, 7) is 4.98. The molecule has 8 heteroatoms. The summed E-state index contributed by atoms with van der Waals surface area (Å²) in [6.07, 6.45) is 1.36. The second kappa shape index (κ2) is 10.5. The number of ether oxygens (including phenoxy) is 1. The van der Waals surface area contributed by atoms with Crippen LogP contribution in [0.3, 0.4) is 0 Å². The van der Waals surface area contributed by atoms with Gasteiger partial charge < -0.3 is 19.9 Å². The van der Waals surface area contributed by atoms with Gasteiger partial charge in [0.1, 0.15) is 12.6 Å². The Morgan fingerprint density at radius 1 is 1.23 bits per heavy atom. The number of carbonyl (C=O) groups excluding carboxylic acids is 3. The molecule has 1 atom stereocenters. The van der Waals surface area contributed by atoms with Crippen LogP contribution in [0.2, 0.25) is 0 Å². The van der Waals surface area contributed by atoms with Crippen LogP contribution < -0.4 is 5.32 Å². The van der Waals surface area contributed by atoms with E-state index < -0.39 is 6.04 Å². The van der Waals surface area contributed by atoms with Gasteiger partial charge in [0, 0.05) is 25.9 Å². The number of nitrogens with one attached hydrogen (secondary N) is 1. The fraction of sp³-hybridized carbons (Fsp3) is 0.435. The first-order valence-corrected chi connectivity index (χ1v) is 11.3. The molecular formula is C23H29N3O4S. The molecule has 1 aliphatic heterocycles. The third-order valence-corrected chi connectivity index (χ3v) is 6.48. The third-order valence-electron chi connectivity index (χ3n) is 5.62.